The summed E-state index contributed by atoms with van der Waals surface area (Å²) in [7, 11) is 13.5. The first-order chi connectivity index (χ1) is 19.0. The first-order valence-electron chi connectivity index (χ1n) is 12.6. The van der Waals surface area contributed by atoms with Crippen LogP contribution in [-0.4, -0.2) is 12.4 Å². The van der Waals surface area contributed by atoms with Crippen molar-refractivity contribution in [2.24, 2.45) is 4.99 Å². The number of para-hydroxylation sites is 1. The Morgan fingerprint density at radius 1 is 0.769 bits per heavy atom. The van der Waals surface area contributed by atoms with Crippen LogP contribution in [0.5, 0.6) is 0 Å². The van der Waals surface area contributed by atoms with Crippen molar-refractivity contribution in [2.75, 3.05) is 6.61 Å². The second-order valence-corrected chi connectivity index (χ2v) is 17.1. The molecule has 1 heterocycles. The van der Waals surface area contributed by atoms with Crippen molar-refractivity contribution in [2.45, 2.75) is 26.7 Å². The van der Waals surface area contributed by atoms with Gasteiger partial charge in [0, 0.05) is 12.2 Å². The number of halogens is 3. The molecule has 1 aliphatic rings. The summed E-state index contributed by atoms with van der Waals surface area (Å²) in [6.07, 6.45) is 2.38. The number of ether oxygens (including phenoxy) is 1. The second-order valence-electron chi connectivity index (χ2n) is 8.65. The van der Waals surface area contributed by atoms with E-state index in [0.29, 0.717) is 0 Å². The van der Waals surface area contributed by atoms with Gasteiger partial charge in [-0.15, -0.1) is 0 Å². The molecular formula is C31H33Cl3CrN2OP+. The van der Waals surface area contributed by atoms with E-state index in [2.05, 4.69) is 122 Å². The van der Waals surface area contributed by atoms with E-state index in [1.807, 2.05) is 12.7 Å². The third-order valence-electron chi connectivity index (χ3n) is 5.78. The molecular weight excluding hydrogens is 606 g/mol. The number of amidine groups is 1. The minimum atomic E-state index is -1.62. The van der Waals surface area contributed by atoms with Crippen LogP contribution in [0.1, 0.15) is 29.5 Å². The standard InChI is InChI=1S/C27H25N2P.C4H7O.3ClH.Cr/c1-21-13-12-14-22(2)26(21)28-27(23-15-6-3-7-16-23)29-30(24-17-8-4-9-18-24)25-19-10-5-11-20-25;1-2-4-5-3-1;;;;/h3-20H,1-2H3,(H,28,29);3H,1-2,4H2;3*1H;/q;-1;;;;+4/p-2. The number of hydrogen-bond acceptors (Lipinski definition) is 2. The van der Waals surface area contributed by atoms with Crippen molar-refractivity contribution < 1.29 is 16.1 Å². The number of nitrogens with zero attached hydrogens (tertiary/aromatic N) is 1. The van der Waals surface area contributed by atoms with E-state index in [1.165, 1.54) is 28.2 Å². The zero-order valence-electron chi connectivity index (χ0n) is 22.0. The molecule has 0 atom stereocenters. The third-order valence-corrected chi connectivity index (χ3v) is 8.09. The summed E-state index contributed by atoms with van der Waals surface area (Å²) in [6, 6.07) is 38.1. The molecule has 4 aromatic carbocycles. The molecule has 0 aliphatic carbocycles. The predicted octanol–water partition coefficient (Wildman–Crippen LogP) is 8.78. The minimum absolute atomic E-state index is 0.912. The van der Waals surface area contributed by atoms with Crippen LogP contribution in [0.15, 0.2) is 114 Å². The van der Waals surface area contributed by atoms with Crippen molar-refractivity contribution in [1.82, 2.24) is 5.09 Å². The van der Waals surface area contributed by atoms with E-state index >= 15 is 0 Å². The molecule has 0 unspecified atom stereocenters. The third kappa shape index (κ3) is 11.3. The Balaban J connectivity index is 0.000000400. The molecule has 5 rings (SSSR count). The van der Waals surface area contributed by atoms with Gasteiger partial charge in [0.1, 0.15) is 10.6 Å². The summed E-state index contributed by atoms with van der Waals surface area (Å²) >= 11 is -1.62. The Bertz CT molecular complexity index is 1200. The average Bonchev–Trinajstić information content (AvgIpc) is 3.54. The van der Waals surface area contributed by atoms with Crippen LogP contribution in [0, 0.1) is 20.5 Å². The molecule has 1 fully saturated rings. The van der Waals surface area contributed by atoms with Gasteiger partial charge in [0.05, 0.1) is 5.69 Å². The summed E-state index contributed by atoms with van der Waals surface area (Å²) in [5.74, 6) is 0.912. The van der Waals surface area contributed by atoms with E-state index in [1.54, 1.807) is 0 Å². The molecule has 3 nitrogen and oxygen atoms in total. The van der Waals surface area contributed by atoms with Gasteiger partial charge in [0.25, 0.3) is 0 Å². The predicted molar refractivity (Wildman–Crippen MR) is 169 cm³/mol. The molecule has 4 aromatic rings. The normalized spacial score (nSPS) is 12.8. The molecule has 39 heavy (non-hydrogen) atoms. The number of aryl methyl sites for hydroxylation is 2. The van der Waals surface area contributed by atoms with Crippen LogP contribution in [0.25, 0.3) is 0 Å². The SMILES string of the molecule is Cc1cccc(C)c1N=C(N[PH+](c1ccccc1)c1ccccc1)c1ccccc1.[CH-]1CCCO1.[Cl][Cr+]([Cl])[Cl]. The molecule has 1 aliphatic heterocycles. The fraction of sp³-hybridized carbons (Fsp3) is 0.161. The molecule has 0 bridgehead atoms. The molecule has 1 saturated heterocycles. The zero-order valence-corrected chi connectivity index (χ0v) is 26.5. The van der Waals surface area contributed by atoms with Gasteiger partial charge >= 0.3 is 41.5 Å². The topological polar surface area (TPSA) is 33.6 Å². The van der Waals surface area contributed by atoms with E-state index in [9.17, 15) is 0 Å². The average molecular weight is 639 g/mol. The van der Waals surface area contributed by atoms with Gasteiger partial charge in [-0.2, -0.15) is 6.42 Å². The van der Waals surface area contributed by atoms with E-state index < -0.39 is 19.5 Å². The van der Waals surface area contributed by atoms with Crippen LogP contribution in [-0.2, 0) is 16.1 Å². The first-order valence-corrected chi connectivity index (χ1v) is 19.3. The van der Waals surface area contributed by atoms with Crippen LogP contribution < -0.4 is 15.7 Å². The van der Waals surface area contributed by atoms with Gasteiger partial charge in [-0.05, 0) is 49.2 Å². The van der Waals surface area contributed by atoms with Crippen LogP contribution in [0.2, 0.25) is 0 Å². The number of nitrogens with one attached hydrogen (secondary N) is 1. The molecule has 1 N–H and O–H groups in total. The molecule has 0 spiro atoms. The van der Waals surface area contributed by atoms with Crippen molar-refractivity contribution in [1.29, 1.82) is 0 Å². The van der Waals surface area contributed by atoms with Gasteiger partial charge in [-0.3, -0.25) is 0 Å². The number of benzene rings is 4. The molecule has 0 saturated carbocycles. The van der Waals surface area contributed by atoms with E-state index in [-0.39, 0.29) is 0 Å². The fourth-order valence-corrected chi connectivity index (χ4v) is 6.02. The Kier molecular flexibility index (Phi) is 14.4. The van der Waals surface area contributed by atoms with Crippen molar-refractivity contribution in [3.8, 4) is 0 Å². The summed E-state index contributed by atoms with van der Waals surface area (Å²) in [6.45, 7) is 7.05. The molecule has 0 radical (unpaired) electrons. The van der Waals surface area contributed by atoms with Gasteiger partial charge in [-0.1, -0.05) is 91.3 Å². The van der Waals surface area contributed by atoms with Gasteiger partial charge in [0.15, 0.2) is 13.9 Å². The monoisotopic (exact) mass is 637 g/mol. The van der Waals surface area contributed by atoms with Gasteiger partial charge < -0.3 is 4.74 Å². The second kappa shape index (κ2) is 17.8. The van der Waals surface area contributed by atoms with Crippen LogP contribution in [0.3, 0.4) is 0 Å². The molecule has 0 aromatic heterocycles. The quantitative estimate of drug-likeness (QED) is 0.103. The van der Waals surface area contributed by atoms with Crippen molar-refractivity contribution in [3.05, 3.63) is 132 Å². The van der Waals surface area contributed by atoms with Crippen LogP contribution >= 0.6 is 38.2 Å². The number of aliphatic imine (C=N–C) groups is 1. The number of hydrogen-bond donors (Lipinski definition) is 1. The van der Waals surface area contributed by atoms with Gasteiger partial charge in [-0.25, -0.2) is 16.7 Å². The maximum absolute atomic E-state index is 5.15. The Morgan fingerprint density at radius 3 is 1.67 bits per heavy atom. The van der Waals surface area contributed by atoms with Gasteiger partial charge in [0.2, 0.25) is 0 Å². The summed E-state index contributed by atoms with van der Waals surface area (Å²) < 4.78 is 4.82. The molecule has 0 amide bonds. The van der Waals surface area contributed by atoms with Crippen LogP contribution in [0.4, 0.5) is 5.69 Å². The first kappa shape index (κ1) is 31.7. The van der Waals surface area contributed by atoms with Crippen molar-refractivity contribution in [3.63, 3.8) is 0 Å². The maximum atomic E-state index is 5.15. The molecule has 204 valence electrons. The summed E-state index contributed by atoms with van der Waals surface area (Å²) in [5, 5.41) is 6.47. The number of rotatable bonds is 5. The van der Waals surface area contributed by atoms with E-state index in [0.717, 1.165) is 30.1 Å². The fourth-order valence-electron chi connectivity index (χ4n) is 3.91. The molecule has 8 heteroatoms. The van der Waals surface area contributed by atoms with E-state index in [4.69, 9.17) is 39.9 Å². The Morgan fingerprint density at radius 2 is 1.26 bits per heavy atom. The Hall–Kier alpha value is -1.86. The summed E-state index contributed by atoms with van der Waals surface area (Å²) in [4.78, 5) is 5.15. The summed E-state index contributed by atoms with van der Waals surface area (Å²) in [5.41, 5.74) is 4.48. The van der Waals surface area contributed by atoms with Crippen molar-refractivity contribution >= 4 is 60.4 Å². The zero-order chi connectivity index (χ0) is 27.9. The Labute approximate surface area is 251 Å².